The molecule has 1 aliphatic rings. The molecule has 2 N–H and O–H groups in total. The van der Waals surface area contributed by atoms with E-state index in [1.807, 2.05) is 13.8 Å². The van der Waals surface area contributed by atoms with E-state index in [4.69, 9.17) is 17.3 Å². The fourth-order valence-corrected chi connectivity index (χ4v) is 4.01. The van der Waals surface area contributed by atoms with Crippen molar-refractivity contribution in [1.82, 2.24) is 9.21 Å². The summed E-state index contributed by atoms with van der Waals surface area (Å²) in [5, 5.41) is 0.531. The number of piperazine rings is 1. The van der Waals surface area contributed by atoms with Gasteiger partial charge in [-0.15, -0.1) is 12.4 Å². The van der Waals surface area contributed by atoms with Crippen LogP contribution < -0.4 is 5.73 Å². The normalized spacial score (nSPS) is 18.0. The van der Waals surface area contributed by atoms with Gasteiger partial charge in [-0.1, -0.05) is 11.6 Å². The number of sulfonamides is 1. The molecule has 1 fully saturated rings. The predicted molar refractivity (Wildman–Crippen MR) is 92.2 cm³/mol. The molecule has 0 saturated carbocycles. The smallest absolute Gasteiger partial charge is 0.243 e. The first-order valence-electron chi connectivity index (χ1n) is 6.95. The van der Waals surface area contributed by atoms with Gasteiger partial charge in [0.05, 0.1) is 4.90 Å². The topological polar surface area (TPSA) is 66.6 Å². The number of halogens is 2. The number of rotatable bonds is 4. The summed E-state index contributed by atoms with van der Waals surface area (Å²) in [6, 6.07) is 6.29. The Morgan fingerprint density at radius 2 is 1.64 bits per heavy atom. The van der Waals surface area contributed by atoms with Crippen LogP contribution in [-0.2, 0) is 10.0 Å². The molecule has 0 atom stereocenters. The van der Waals surface area contributed by atoms with E-state index < -0.39 is 10.0 Å². The standard InChI is InChI=1S/C14H22ClN3O2S.ClH/c1-14(2,16)11-17-7-9-18(10-8-17)21(19,20)13-5-3-12(15)4-6-13;/h3-6H,7-11,16H2,1-2H3;1H. The fourth-order valence-electron chi connectivity index (χ4n) is 2.46. The monoisotopic (exact) mass is 367 g/mol. The van der Waals surface area contributed by atoms with Gasteiger partial charge in [-0.05, 0) is 38.1 Å². The third kappa shape index (κ3) is 5.08. The van der Waals surface area contributed by atoms with Gasteiger partial charge in [-0.2, -0.15) is 4.31 Å². The summed E-state index contributed by atoms with van der Waals surface area (Å²) >= 11 is 5.80. The minimum Gasteiger partial charge on any atom is -0.324 e. The van der Waals surface area contributed by atoms with E-state index >= 15 is 0 Å². The third-order valence-corrected chi connectivity index (χ3v) is 5.58. The number of hydrogen-bond acceptors (Lipinski definition) is 4. The van der Waals surface area contributed by atoms with E-state index in [2.05, 4.69) is 4.90 Å². The molecule has 1 heterocycles. The number of nitrogens with zero attached hydrogens (tertiary/aromatic N) is 2. The maximum Gasteiger partial charge on any atom is 0.243 e. The molecule has 1 aliphatic heterocycles. The quantitative estimate of drug-likeness (QED) is 0.880. The SMILES string of the molecule is CC(C)(N)CN1CCN(S(=O)(=O)c2ccc(Cl)cc2)CC1.Cl. The Morgan fingerprint density at radius 3 is 2.09 bits per heavy atom. The van der Waals surface area contributed by atoms with E-state index in [0.29, 0.717) is 36.1 Å². The Hall–Kier alpha value is -0.370. The average molecular weight is 368 g/mol. The van der Waals surface area contributed by atoms with Gasteiger partial charge in [0.15, 0.2) is 0 Å². The molecule has 0 unspecified atom stereocenters. The van der Waals surface area contributed by atoms with Crippen LogP contribution in [0.2, 0.25) is 5.02 Å². The zero-order chi connectivity index (χ0) is 15.7. The van der Waals surface area contributed by atoms with Crippen LogP contribution in [0.4, 0.5) is 0 Å². The molecule has 2 rings (SSSR count). The molecular formula is C14H23Cl2N3O2S. The molecule has 0 amide bonds. The lowest BCUT2D eigenvalue weighted by molar-refractivity contribution is 0.162. The van der Waals surface area contributed by atoms with Crippen molar-refractivity contribution in [1.29, 1.82) is 0 Å². The highest BCUT2D eigenvalue weighted by Gasteiger charge is 2.29. The molecule has 22 heavy (non-hydrogen) atoms. The Morgan fingerprint density at radius 1 is 1.14 bits per heavy atom. The van der Waals surface area contributed by atoms with E-state index in [1.165, 1.54) is 4.31 Å². The molecular weight excluding hydrogens is 345 g/mol. The van der Waals surface area contributed by atoms with Crippen LogP contribution in [0, 0.1) is 0 Å². The molecule has 1 aromatic rings. The highest BCUT2D eigenvalue weighted by molar-refractivity contribution is 7.89. The maximum absolute atomic E-state index is 12.5. The molecule has 126 valence electrons. The lowest BCUT2D eigenvalue weighted by atomic mass is 10.1. The Labute approximate surface area is 143 Å². The average Bonchev–Trinajstić information content (AvgIpc) is 2.38. The Balaban J connectivity index is 0.00000242. The van der Waals surface area contributed by atoms with Gasteiger partial charge in [0.1, 0.15) is 0 Å². The Kier molecular flexibility index (Phi) is 6.68. The van der Waals surface area contributed by atoms with E-state index in [9.17, 15) is 8.42 Å². The van der Waals surface area contributed by atoms with Crippen molar-refractivity contribution in [2.75, 3.05) is 32.7 Å². The summed E-state index contributed by atoms with van der Waals surface area (Å²) in [4.78, 5) is 2.49. The first-order valence-corrected chi connectivity index (χ1v) is 8.77. The zero-order valence-corrected chi connectivity index (χ0v) is 15.2. The summed E-state index contributed by atoms with van der Waals surface area (Å²) in [7, 11) is -3.43. The highest BCUT2D eigenvalue weighted by Crippen LogP contribution is 2.20. The van der Waals surface area contributed by atoms with Crippen molar-refractivity contribution in [2.24, 2.45) is 5.73 Å². The van der Waals surface area contributed by atoms with E-state index in [-0.39, 0.29) is 17.9 Å². The second-order valence-corrected chi connectivity index (χ2v) is 8.50. The predicted octanol–water partition coefficient (Wildman–Crippen LogP) is 1.81. The van der Waals surface area contributed by atoms with Crippen molar-refractivity contribution in [3.63, 3.8) is 0 Å². The van der Waals surface area contributed by atoms with Crippen molar-refractivity contribution < 1.29 is 8.42 Å². The zero-order valence-electron chi connectivity index (χ0n) is 12.8. The van der Waals surface area contributed by atoms with Gasteiger partial charge in [-0.25, -0.2) is 8.42 Å². The summed E-state index contributed by atoms with van der Waals surface area (Å²) in [5.41, 5.74) is 5.74. The van der Waals surface area contributed by atoms with Crippen LogP contribution in [-0.4, -0.2) is 55.9 Å². The van der Waals surface area contributed by atoms with Crippen LogP contribution in [0.15, 0.2) is 29.2 Å². The summed E-state index contributed by atoms with van der Waals surface area (Å²) in [6.07, 6.45) is 0. The number of hydrogen-bond donors (Lipinski definition) is 1. The molecule has 0 aromatic heterocycles. The Bertz CT molecular complexity index is 577. The van der Waals surface area contributed by atoms with Crippen LogP contribution in [0.25, 0.3) is 0 Å². The van der Waals surface area contributed by atoms with Gasteiger partial charge in [-0.3, -0.25) is 4.90 Å². The maximum atomic E-state index is 12.5. The minimum atomic E-state index is -3.43. The molecule has 0 radical (unpaired) electrons. The summed E-state index contributed by atoms with van der Waals surface area (Å²) < 4.78 is 26.6. The van der Waals surface area contributed by atoms with Crippen molar-refractivity contribution >= 4 is 34.0 Å². The molecule has 0 aliphatic carbocycles. The molecule has 1 aromatic carbocycles. The second kappa shape index (κ2) is 7.47. The van der Waals surface area contributed by atoms with Crippen molar-refractivity contribution in [3.05, 3.63) is 29.3 Å². The molecule has 1 saturated heterocycles. The largest absolute Gasteiger partial charge is 0.324 e. The van der Waals surface area contributed by atoms with Gasteiger partial charge >= 0.3 is 0 Å². The van der Waals surface area contributed by atoms with Gasteiger partial charge in [0, 0.05) is 43.3 Å². The third-order valence-electron chi connectivity index (χ3n) is 3.41. The van der Waals surface area contributed by atoms with Gasteiger partial charge in [0.25, 0.3) is 0 Å². The number of nitrogens with two attached hydrogens (primary N) is 1. The van der Waals surface area contributed by atoms with Crippen LogP contribution in [0.5, 0.6) is 0 Å². The van der Waals surface area contributed by atoms with Gasteiger partial charge < -0.3 is 5.73 Å². The van der Waals surface area contributed by atoms with E-state index in [1.54, 1.807) is 24.3 Å². The van der Waals surface area contributed by atoms with Crippen molar-refractivity contribution in [2.45, 2.75) is 24.3 Å². The second-order valence-electron chi connectivity index (χ2n) is 6.12. The van der Waals surface area contributed by atoms with Crippen molar-refractivity contribution in [3.8, 4) is 0 Å². The fraction of sp³-hybridized carbons (Fsp3) is 0.571. The first kappa shape index (κ1) is 19.7. The molecule has 5 nitrogen and oxygen atoms in total. The molecule has 0 spiro atoms. The van der Waals surface area contributed by atoms with Gasteiger partial charge in [0.2, 0.25) is 10.0 Å². The molecule has 0 bridgehead atoms. The highest BCUT2D eigenvalue weighted by atomic mass is 35.5. The van der Waals surface area contributed by atoms with E-state index in [0.717, 1.165) is 6.54 Å². The summed E-state index contributed by atoms with van der Waals surface area (Å²) in [6.45, 7) is 7.10. The number of benzene rings is 1. The lowest BCUT2D eigenvalue weighted by Gasteiger charge is -2.37. The minimum absolute atomic E-state index is 0. The van der Waals surface area contributed by atoms with Crippen LogP contribution in [0.1, 0.15) is 13.8 Å². The lowest BCUT2D eigenvalue weighted by Crippen LogP contribution is -2.53. The summed E-state index contributed by atoms with van der Waals surface area (Å²) in [5.74, 6) is 0. The molecule has 8 heteroatoms. The van der Waals surface area contributed by atoms with Crippen LogP contribution >= 0.6 is 24.0 Å². The first-order chi connectivity index (χ1) is 9.68. The van der Waals surface area contributed by atoms with Crippen LogP contribution in [0.3, 0.4) is 0 Å².